The molecule has 0 saturated carbocycles. The third kappa shape index (κ3) is 6.62. The summed E-state index contributed by atoms with van der Waals surface area (Å²) in [6, 6.07) is 86.1. The molecule has 14 aromatic rings. The Bertz CT molecular complexity index is 4340. The predicted octanol–water partition coefficient (Wildman–Crippen LogP) is 18.6. The van der Waals surface area contributed by atoms with Crippen molar-refractivity contribution in [1.82, 2.24) is 9.97 Å². The summed E-state index contributed by atoms with van der Waals surface area (Å²) in [5.41, 5.74) is 15.6. The lowest BCUT2D eigenvalue weighted by Gasteiger charge is -2.15. The zero-order chi connectivity index (χ0) is 45.4. The lowest BCUT2D eigenvalue weighted by Crippen LogP contribution is -1.94. The first-order valence-corrected chi connectivity index (χ1v) is 24.3. The van der Waals surface area contributed by atoms with Crippen molar-refractivity contribution < 1.29 is 0 Å². The van der Waals surface area contributed by atoms with Crippen LogP contribution in [0.25, 0.3) is 141 Å². The second kappa shape index (κ2) is 16.0. The molecule has 0 aliphatic carbocycles. The summed E-state index contributed by atoms with van der Waals surface area (Å²) in [6.07, 6.45) is 1.96. The molecule has 3 heteroatoms. The molecule has 2 nitrogen and oxygen atoms in total. The van der Waals surface area contributed by atoms with Crippen molar-refractivity contribution in [1.29, 1.82) is 0 Å². The van der Waals surface area contributed by atoms with Gasteiger partial charge in [-0.2, -0.15) is 0 Å². The maximum atomic E-state index is 5.56. The van der Waals surface area contributed by atoms with Gasteiger partial charge in [-0.1, -0.05) is 212 Å². The van der Waals surface area contributed by atoms with Gasteiger partial charge < -0.3 is 0 Å². The van der Waals surface area contributed by atoms with E-state index in [4.69, 9.17) is 9.97 Å². The molecule has 2 heterocycles. The molecule has 14 rings (SSSR count). The number of nitrogens with zero attached hydrogens (tertiary/aromatic N) is 2. The molecule has 0 unspecified atom stereocenters. The standard InChI is InChI=1S/C66H40N2S/c1-3-17-51-44(11-1)13-8-20-53(51)48-33-35-56-57-36-34-49(54-21-9-14-45-12-2-4-18-52(45)54)39-61(57)65-64(60(56)38-48)67-40-62(68-65)50-16-7-15-47(37-50)43-27-25-41(26-28-43)42-29-31-46(32-30-42)55-22-10-23-59-58-19-5-6-24-63(58)69-66(55)59/h1-40H. The van der Waals surface area contributed by atoms with Crippen LogP contribution in [0.4, 0.5) is 0 Å². The molecule has 0 spiro atoms. The van der Waals surface area contributed by atoms with Crippen LogP contribution in [0, 0.1) is 0 Å². The lowest BCUT2D eigenvalue weighted by molar-refractivity contribution is 1.31. The van der Waals surface area contributed by atoms with E-state index in [1.807, 2.05) is 17.5 Å². The number of thiophene rings is 1. The fourth-order valence-electron chi connectivity index (χ4n) is 10.7. The van der Waals surface area contributed by atoms with Gasteiger partial charge >= 0.3 is 0 Å². The van der Waals surface area contributed by atoms with Gasteiger partial charge in [-0.25, -0.2) is 4.98 Å². The van der Waals surface area contributed by atoms with E-state index >= 15 is 0 Å². The van der Waals surface area contributed by atoms with E-state index in [2.05, 4.69) is 237 Å². The van der Waals surface area contributed by atoms with Crippen molar-refractivity contribution in [2.45, 2.75) is 0 Å². The molecule has 69 heavy (non-hydrogen) atoms. The lowest BCUT2D eigenvalue weighted by atomic mass is 9.91. The van der Waals surface area contributed by atoms with Gasteiger partial charge in [0.25, 0.3) is 0 Å². The zero-order valence-electron chi connectivity index (χ0n) is 37.4. The average molecular weight is 893 g/mol. The Balaban J connectivity index is 0.847. The summed E-state index contributed by atoms with van der Waals surface area (Å²) in [6.45, 7) is 0. The van der Waals surface area contributed by atoms with Gasteiger partial charge in [0.2, 0.25) is 0 Å². The van der Waals surface area contributed by atoms with Crippen molar-refractivity contribution in [2.75, 3.05) is 0 Å². The van der Waals surface area contributed by atoms with Crippen molar-refractivity contribution in [3.63, 3.8) is 0 Å². The van der Waals surface area contributed by atoms with Crippen LogP contribution < -0.4 is 0 Å². The fraction of sp³-hybridized carbons (Fsp3) is 0. The Labute approximate surface area is 403 Å². The number of hydrogen-bond donors (Lipinski definition) is 0. The highest BCUT2D eigenvalue weighted by Crippen LogP contribution is 2.42. The Morgan fingerprint density at radius 1 is 0.275 bits per heavy atom. The van der Waals surface area contributed by atoms with Crippen LogP contribution in [0.15, 0.2) is 243 Å². The molecule has 0 radical (unpaired) electrons. The molecule has 0 fully saturated rings. The normalized spacial score (nSPS) is 11.8. The van der Waals surface area contributed by atoms with E-state index < -0.39 is 0 Å². The van der Waals surface area contributed by atoms with E-state index in [-0.39, 0.29) is 0 Å². The van der Waals surface area contributed by atoms with Crippen LogP contribution in [-0.4, -0.2) is 9.97 Å². The molecule has 12 aromatic carbocycles. The Morgan fingerprint density at radius 2 is 0.754 bits per heavy atom. The fourth-order valence-corrected chi connectivity index (χ4v) is 11.9. The van der Waals surface area contributed by atoms with E-state index in [1.165, 1.54) is 80.5 Å². The quantitative estimate of drug-likeness (QED) is 0.155. The zero-order valence-corrected chi connectivity index (χ0v) is 38.2. The molecular weight excluding hydrogens is 853 g/mol. The third-order valence-corrected chi connectivity index (χ3v) is 15.3. The monoisotopic (exact) mass is 892 g/mol. The van der Waals surface area contributed by atoms with Crippen LogP contribution in [-0.2, 0) is 0 Å². The van der Waals surface area contributed by atoms with Crippen LogP contribution in [0.3, 0.4) is 0 Å². The van der Waals surface area contributed by atoms with Gasteiger partial charge in [-0.05, 0) is 112 Å². The molecule has 320 valence electrons. The first kappa shape index (κ1) is 39.4. The summed E-state index contributed by atoms with van der Waals surface area (Å²) in [4.78, 5) is 10.9. The van der Waals surface area contributed by atoms with Gasteiger partial charge in [-0.15, -0.1) is 11.3 Å². The Morgan fingerprint density at radius 3 is 1.42 bits per heavy atom. The van der Waals surface area contributed by atoms with Crippen LogP contribution in [0.1, 0.15) is 0 Å². The summed E-state index contributed by atoms with van der Waals surface area (Å²) >= 11 is 1.88. The molecule has 0 aliphatic heterocycles. The first-order valence-electron chi connectivity index (χ1n) is 23.5. The number of aromatic nitrogens is 2. The molecule has 0 atom stereocenters. The van der Waals surface area contributed by atoms with E-state index in [9.17, 15) is 0 Å². The van der Waals surface area contributed by atoms with E-state index in [0.29, 0.717) is 0 Å². The molecule has 0 N–H and O–H groups in total. The highest BCUT2D eigenvalue weighted by Gasteiger charge is 2.17. The van der Waals surface area contributed by atoms with Gasteiger partial charge in [0.05, 0.1) is 22.9 Å². The van der Waals surface area contributed by atoms with E-state index in [1.54, 1.807) is 0 Å². The maximum Gasteiger partial charge on any atom is 0.0979 e. The van der Waals surface area contributed by atoms with E-state index in [0.717, 1.165) is 60.7 Å². The van der Waals surface area contributed by atoms with Crippen molar-refractivity contribution in [3.8, 4) is 66.9 Å². The molecule has 0 amide bonds. The van der Waals surface area contributed by atoms with Crippen LogP contribution in [0.2, 0.25) is 0 Å². The van der Waals surface area contributed by atoms with Crippen LogP contribution >= 0.6 is 11.3 Å². The minimum atomic E-state index is 0.842. The topological polar surface area (TPSA) is 25.8 Å². The average Bonchev–Trinajstić information content (AvgIpc) is 3.82. The summed E-state index contributed by atoms with van der Waals surface area (Å²) in [5, 5.41) is 12.1. The van der Waals surface area contributed by atoms with Crippen molar-refractivity contribution >= 4 is 85.6 Å². The number of rotatable bonds is 6. The van der Waals surface area contributed by atoms with Crippen molar-refractivity contribution in [2.24, 2.45) is 0 Å². The summed E-state index contributed by atoms with van der Waals surface area (Å²) in [7, 11) is 0. The minimum Gasteiger partial charge on any atom is -0.252 e. The SMILES string of the molecule is c1cc(-c2ccc(-c3ccc(-c4cccc5c4sc4ccccc45)cc3)cc2)cc(-c2cnc3c4cc(-c5cccc6ccccc56)ccc4c4ccc(-c5cccc6ccccc56)cc4c3n2)c1. The third-order valence-electron chi connectivity index (χ3n) is 14.1. The second-order valence-electron chi connectivity index (χ2n) is 18.0. The van der Waals surface area contributed by atoms with Crippen LogP contribution in [0.5, 0.6) is 0 Å². The van der Waals surface area contributed by atoms with Crippen molar-refractivity contribution in [3.05, 3.63) is 243 Å². The summed E-state index contributed by atoms with van der Waals surface area (Å²) < 4.78 is 2.67. The molecular formula is C66H40N2S. The molecule has 0 bridgehead atoms. The smallest absolute Gasteiger partial charge is 0.0979 e. The Hall–Kier alpha value is -8.76. The van der Waals surface area contributed by atoms with Gasteiger partial charge in [0.15, 0.2) is 0 Å². The minimum absolute atomic E-state index is 0.842. The van der Waals surface area contributed by atoms with Gasteiger partial charge in [0, 0.05) is 36.5 Å². The maximum absolute atomic E-state index is 5.56. The number of fused-ring (bicyclic) bond motifs is 11. The second-order valence-corrected chi connectivity index (χ2v) is 19.1. The highest BCUT2D eigenvalue weighted by atomic mass is 32.1. The summed E-state index contributed by atoms with van der Waals surface area (Å²) in [5.74, 6) is 0. The Kier molecular flexibility index (Phi) is 9.11. The van der Waals surface area contributed by atoms with Gasteiger partial charge in [0.1, 0.15) is 0 Å². The first-order chi connectivity index (χ1) is 34.2. The number of benzene rings is 12. The predicted molar refractivity (Wildman–Crippen MR) is 295 cm³/mol. The largest absolute Gasteiger partial charge is 0.252 e. The molecule has 0 saturated heterocycles. The van der Waals surface area contributed by atoms with Gasteiger partial charge in [-0.3, -0.25) is 4.98 Å². The highest BCUT2D eigenvalue weighted by molar-refractivity contribution is 7.26. The molecule has 2 aromatic heterocycles. The molecule has 0 aliphatic rings. The number of hydrogen-bond acceptors (Lipinski definition) is 3.